The van der Waals surface area contributed by atoms with Gasteiger partial charge in [-0.15, -0.1) is 0 Å². The van der Waals surface area contributed by atoms with Crippen LogP contribution in [0.2, 0.25) is 0 Å². The molecule has 0 N–H and O–H groups in total. The van der Waals surface area contributed by atoms with Crippen LogP contribution in [-0.4, -0.2) is 18.4 Å². The van der Waals surface area contributed by atoms with Crippen molar-refractivity contribution in [3.8, 4) is 0 Å². The number of carbonyl (C=O) groups is 2. The molecule has 86 valence electrons. The Labute approximate surface area is 93.2 Å². The van der Waals surface area contributed by atoms with E-state index in [0.717, 1.165) is 12.1 Å². The standard InChI is InChI=1S/C12H13FO3/c1-3-11(14)9-6-5-8(13)7-10(9)12(15)16-4-2/h5-7H,3-4H2,1-2H3. The molecule has 0 bridgehead atoms. The van der Waals surface area contributed by atoms with Gasteiger partial charge < -0.3 is 4.74 Å². The van der Waals surface area contributed by atoms with Crippen LogP contribution in [0.25, 0.3) is 0 Å². The Morgan fingerprint density at radius 2 is 1.94 bits per heavy atom. The summed E-state index contributed by atoms with van der Waals surface area (Å²) < 4.78 is 17.8. The zero-order valence-electron chi connectivity index (χ0n) is 9.25. The Morgan fingerprint density at radius 3 is 2.50 bits per heavy atom. The van der Waals surface area contributed by atoms with Crippen molar-refractivity contribution in [3.63, 3.8) is 0 Å². The van der Waals surface area contributed by atoms with Crippen LogP contribution in [-0.2, 0) is 4.74 Å². The maximum Gasteiger partial charge on any atom is 0.338 e. The Bertz CT molecular complexity index is 413. The highest BCUT2D eigenvalue weighted by atomic mass is 19.1. The van der Waals surface area contributed by atoms with Crippen LogP contribution in [0, 0.1) is 5.82 Å². The molecule has 0 saturated heterocycles. The van der Waals surface area contributed by atoms with Gasteiger partial charge in [0, 0.05) is 12.0 Å². The zero-order valence-corrected chi connectivity index (χ0v) is 9.25. The summed E-state index contributed by atoms with van der Waals surface area (Å²) in [5.74, 6) is -1.43. The van der Waals surface area contributed by atoms with Gasteiger partial charge in [0.2, 0.25) is 0 Å². The first kappa shape index (κ1) is 12.4. The number of halogens is 1. The molecule has 0 spiro atoms. The largest absolute Gasteiger partial charge is 0.462 e. The number of rotatable bonds is 4. The minimum Gasteiger partial charge on any atom is -0.462 e. The molecule has 1 rings (SSSR count). The smallest absolute Gasteiger partial charge is 0.338 e. The first-order valence-electron chi connectivity index (χ1n) is 5.10. The Hall–Kier alpha value is -1.71. The fourth-order valence-corrected chi connectivity index (χ4v) is 1.33. The van der Waals surface area contributed by atoms with Crippen LogP contribution in [0.15, 0.2) is 18.2 Å². The van der Waals surface area contributed by atoms with E-state index < -0.39 is 11.8 Å². The summed E-state index contributed by atoms with van der Waals surface area (Å²) in [6.07, 6.45) is 0.262. The lowest BCUT2D eigenvalue weighted by atomic mass is 10.0. The highest BCUT2D eigenvalue weighted by Crippen LogP contribution is 2.14. The van der Waals surface area contributed by atoms with Crippen molar-refractivity contribution in [2.24, 2.45) is 0 Å². The van der Waals surface area contributed by atoms with Crippen molar-refractivity contribution < 1.29 is 18.7 Å². The molecule has 1 aromatic rings. The molecule has 0 amide bonds. The van der Waals surface area contributed by atoms with Crippen LogP contribution in [0.1, 0.15) is 41.0 Å². The fourth-order valence-electron chi connectivity index (χ4n) is 1.33. The summed E-state index contributed by atoms with van der Waals surface area (Å²) in [7, 11) is 0. The Balaban J connectivity index is 3.17. The van der Waals surface area contributed by atoms with Gasteiger partial charge >= 0.3 is 5.97 Å². The van der Waals surface area contributed by atoms with Gasteiger partial charge in [-0.1, -0.05) is 6.92 Å². The van der Waals surface area contributed by atoms with E-state index in [4.69, 9.17) is 4.74 Å². The van der Waals surface area contributed by atoms with Crippen LogP contribution in [0.3, 0.4) is 0 Å². The van der Waals surface area contributed by atoms with Gasteiger partial charge in [0.05, 0.1) is 12.2 Å². The molecule has 0 fully saturated rings. The highest BCUT2D eigenvalue weighted by Gasteiger charge is 2.17. The number of esters is 1. The number of carbonyl (C=O) groups excluding carboxylic acids is 2. The van der Waals surface area contributed by atoms with Crippen molar-refractivity contribution >= 4 is 11.8 Å². The molecule has 3 nitrogen and oxygen atoms in total. The molecular weight excluding hydrogens is 211 g/mol. The van der Waals surface area contributed by atoms with Gasteiger partial charge in [-0.2, -0.15) is 0 Å². The van der Waals surface area contributed by atoms with Crippen LogP contribution in [0.5, 0.6) is 0 Å². The molecular formula is C12H13FO3. The number of hydrogen-bond acceptors (Lipinski definition) is 3. The van der Waals surface area contributed by atoms with E-state index in [0.29, 0.717) is 0 Å². The molecule has 0 aliphatic carbocycles. The predicted molar refractivity (Wildman–Crippen MR) is 57.0 cm³/mol. The monoisotopic (exact) mass is 224 g/mol. The van der Waals surface area contributed by atoms with Crippen molar-refractivity contribution in [3.05, 3.63) is 35.1 Å². The lowest BCUT2D eigenvalue weighted by Gasteiger charge is -2.07. The van der Waals surface area contributed by atoms with Gasteiger partial charge in [-0.3, -0.25) is 4.79 Å². The van der Waals surface area contributed by atoms with E-state index in [-0.39, 0.29) is 29.9 Å². The summed E-state index contributed by atoms with van der Waals surface area (Å²) in [5.41, 5.74) is 0.205. The van der Waals surface area contributed by atoms with E-state index in [1.165, 1.54) is 6.07 Å². The lowest BCUT2D eigenvalue weighted by Crippen LogP contribution is -2.12. The van der Waals surface area contributed by atoms with Crippen LogP contribution >= 0.6 is 0 Å². The van der Waals surface area contributed by atoms with Gasteiger partial charge in [-0.05, 0) is 25.1 Å². The second-order valence-corrected chi connectivity index (χ2v) is 3.19. The summed E-state index contributed by atoms with van der Waals surface area (Å²) in [4.78, 5) is 23.0. The average molecular weight is 224 g/mol. The molecule has 0 radical (unpaired) electrons. The van der Waals surface area contributed by atoms with Crippen molar-refractivity contribution in [1.82, 2.24) is 0 Å². The predicted octanol–water partition coefficient (Wildman–Crippen LogP) is 2.60. The van der Waals surface area contributed by atoms with E-state index in [1.807, 2.05) is 0 Å². The number of ketones is 1. The summed E-state index contributed by atoms with van der Waals surface area (Å²) in [5, 5.41) is 0. The second kappa shape index (κ2) is 5.39. The van der Waals surface area contributed by atoms with Gasteiger partial charge in [0.15, 0.2) is 5.78 Å². The summed E-state index contributed by atoms with van der Waals surface area (Å²) in [6, 6.07) is 3.50. The average Bonchev–Trinajstić information content (AvgIpc) is 2.28. The number of Topliss-reactive ketones (excluding diaryl/α,β-unsaturated/α-hetero) is 1. The molecule has 16 heavy (non-hydrogen) atoms. The number of benzene rings is 1. The second-order valence-electron chi connectivity index (χ2n) is 3.19. The Kier molecular flexibility index (Phi) is 4.17. The van der Waals surface area contributed by atoms with Crippen molar-refractivity contribution in [1.29, 1.82) is 0 Å². The van der Waals surface area contributed by atoms with Gasteiger partial charge in [0.25, 0.3) is 0 Å². The maximum atomic E-state index is 13.0. The zero-order chi connectivity index (χ0) is 12.1. The molecule has 0 aliphatic heterocycles. The van der Waals surface area contributed by atoms with Crippen molar-refractivity contribution in [2.45, 2.75) is 20.3 Å². The SMILES string of the molecule is CCOC(=O)c1cc(F)ccc1C(=O)CC. The van der Waals surface area contributed by atoms with Crippen LogP contribution in [0.4, 0.5) is 4.39 Å². The van der Waals surface area contributed by atoms with Crippen LogP contribution < -0.4 is 0 Å². The first-order chi connectivity index (χ1) is 7.60. The molecule has 4 heteroatoms. The van der Waals surface area contributed by atoms with E-state index >= 15 is 0 Å². The molecule has 0 aliphatic rings. The minimum absolute atomic E-state index is 0.00583. The summed E-state index contributed by atoms with van der Waals surface area (Å²) in [6.45, 7) is 3.52. The first-order valence-corrected chi connectivity index (χ1v) is 5.10. The number of ether oxygens (including phenoxy) is 1. The molecule has 0 aromatic heterocycles. The highest BCUT2D eigenvalue weighted by molar-refractivity contribution is 6.06. The number of hydrogen-bond donors (Lipinski definition) is 0. The van der Waals surface area contributed by atoms with Gasteiger partial charge in [-0.25, -0.2) is 9.18 Å². The normalized spacial score (nSPS) is 9.94. The molecule has 0 saturated carbocycles. The summed E-state index contributed by atoms with van der Waals surface area (Å²) >= 11 is 0. The topological polar surface area (TPSA) is 43.4 Å². The minimum atomic E-state index is -0.668. The third kappa shape index (κ3) is 2.66. The van der Waals surface area contributed by atoms with E-state index in [2.05, 4.69) is 0 Å². The third-order valence-corrected chi connectivity index (χ3v) is 2.10. The fraction of sp³-hybridized carbons (Fsp3) is 0.333. The lowest BCUT2D eigenvalue weighted by molar-refractivity contribution is 0.0522. The molecule has 0 atom stereocenters. The van der Waals surface area contributed by atoms with Crippen molar-refractivity contribution in [2.75, 3.05) is 6.61 Å². The maximum absolute atomic E-state index is 13.0. The van der Waals surface area contributed by atoms with E-state index in [9.17, 15) is 14.0 Å². The Morgan fingerprint density at radius 1 is 1.25 bits per heavy atom. The third-order valence-electron chi connectivity index (χ3n) is 2.10. The molecule has 0 unspecified atom stereocenters. The quantitative estimate of drug-likeness (QED) is 0.583. The molecule has 1 aromatic carbocycles. The van der Waals surface area contributed by atoms with Gasteiger partial charge in [0.1, 0.15) is 5.82 Å². The molecule has 0 heterocycles. The van der Waals surface area contributed by atoms with E-state index in [1.54, 1.807) is 13.8 Å².